The molecule has 0 unspecified atom stereocenters. The molecule has 0 radical (unpaired) electrons. The summed E-state index contributed by atoms with van der Waals surface area (Å²) >= 11 is 3.34. The van der Waals surface area contributed by atoms with Crippen LogP contribution in [0.3, 0.4) is 0 Å². The highest BCUT2D eigenvalue weighted by Gasteiger charge is 2.17. The lowest BCUT2D eigenvalue weighted by Crippen LogP contribution is -2.36. The molecular formula is C11H16BrN3O2. The number of halogens is 1. The van der Waals surface area contributed by atoms with Crippen LogP contribution >= 0.6 is 15.9 Å². The van der Waals surface area contributed by atoms with E-state index in [1.54, 1.807) is 13.1 Å². The smallest absolute Gasteiger partial charge is 0.270 e. The van der Waals surface area contributed by atoms with Crippen molar-refractivity contribution < 1.29 is 9.59 Å². The fourth-order valence-electron chi connectivity index (χ4n) is 1.58. The quantitative estimate of drug-likeness (QED) is 0.888. The Hall–Kier alpha value is -1.30. The van der Waals surface area contributed by atoms with E-state index in [-0.39, 0.29) is 12.5 Å². The van der Waals surface area contributed by atoms with Gasteiger partial charge in [0.15, 0.2) is 0 Å². The molecule has 1 rings (SSSR count). The average molecular weight is 302 g/mol. The molecule has 0 fully saturated rings. The number of hydrogen-bond donors (Lipinski definition) is 1. The van der Waals surface area contributed by atoms with Gasteiger partial charge in [-0.05, 0) is 28.4 Å². The molecule has 2 amide bonds. The van der Waals surface area contributed by atoms with Crippen LogP contribution in [-0.4, -0.2) is 34.9 Å². The number of aryl methyl sites for hydroxylation is 1. The van der Waals surface area contributed by atoms with Crippen molar-refractivity contribution in [2.75, 3.05) is 13.6 Å². The molecule has 94 valence electrons. The Morgan fingerprint density at radius 1 is 1.53 bits per heavy atom. The molecule has 5 nitrogen and oxygen atoms in total. The van der Waals surface area contributed by atoms with Crippen LogP contribution in [0.4, 0.5) is 0 Å². The minimum Gasteiger partial charge on any atom is -0.368 e. The molecule has 1 aromatic heterocycles. The van der Waals surface area contributed by atoms with E-state index < -0.39 is 5.91 Å². The molecule has 1 aromatic rings. The number of carbonyl (C=O) groups is 2. The van der Waals surface area contributed by atoms with Crippen molar-refractivity contribution >= 4 is 27.7 Å². The molecule has 0 aliphatic rings. The summed E-state index contributed by atoms with van der Waals surface area (Å²) in [6, 6.07) is 1.75. The second kappa shape index (κ2) is 5.86. The number of aromatic nitrogens is 1. The van der Waals surface area contributed by atoms with Gasteiger partial charge >= 0.3 is 0 Å². The molecule has 0 aromatic carbocycles. The van der Waals surface area contributed by atoms with Crippen LogP contribution in [0.2, 0.25) is 0 Å². The second-order valence-electron chi connectivity index (χ2n) is 3.86. The number of hydrogen-bond acceptors (Lipinski definition) is 2. The van der Waals surface area contributed by atoms with Crippen molar-refractivity contribution in [1.82, 2.24) is 9.47 Å². The predicted octanol–water partition coefficient (Wildman–Crippen LogP) is 1.22. The summed E-state index contributed by atoms with van der Waals surface area (Å²) in [5.74, 6) is -0.725. The average Bonchev–Trinajstić information content (AvgIpc) is 2.58. The summed E-state index contributed by atoms with van der Waals surface area (Å²) in [5.41, 5.74) is 5.62. The van der Waals surface area contributed by atoms with Crippen molar-refractivity contribution in [1.29, 1.82) is 0 Å². The number of likely N-dealkylation sites (N-methyl/N-ethyl adjacent to an activating group) is 1. The van der Waals surface area contributed by atoms with Crippen molar-refractivity contribution in [3.63, 3.8) is 0 Å². The molecule has 0 aliphatic heterocycles. The van der Waals surface area contributed by atoms with E-state index in [1.807, 2.05) is 17.7 Å². The topological polar surface area (TPSA) is 68.3 Å². The Balaban J connectivity index is 2.90. The van der Waals surface area contributed by atoms with Crippen molar-refractivity contribution in [3.05, 3.63) is 22.4 Å². The van der Waals surface area contributed by atoms with Gasteiger partial charge in [-0.1, -0.05) is 6.92 Å². The lowest BCUT2D eigenvalue weighted by Gasteiger charge is -2.16. The molecule has 2 N–H and O–H groups in total. The van der Waals surface area contributed by atoms with Crippen LogP contribution in [0.25, 0.3) is 0 Å². The van der Waals surface area contributed by atoms with Gasteiger partial charge in [0.2, 0.25) is 5.91 Å². The first-order chi connectivity index (χ1) is 7.95. The highest BCUT2D eigenvalue weighted by atomic mass is 79.9. The molecule has 1 heterocycles. The van der Waals surface area contributed by atoms with Gasteiger partial charge in [-0.2, -0.15) is 0 Å². The number of nitrogens with two attached hydrogens (primary N) is 1. The van der Waals surface area contributed by atoms with E-state index >= 15 is 0 Å². The van der Waals surface area contributed by atoms with Crippen molar-refractivity contribution in [2.45, 2.75) is 19.9 Å². The highest BCUT2D eigenvalue weighted by Crippen LogP contribution is 2.16. The fourth-order valence-corrected chi connectivity index (χ4v) is 2.04. The van der Waals surface area contributed by atoms with E-state index in [1.165, 1.54) is 4.90 Å². The van der Waals surface area contributed by atoms with Gasteiger partial charge in [-0.15, -0.1) is 0 Å². The maximum atomic E-state index is 12.1. The van der Waals surface area contributed by atoms with Gasteiger partial charge in [-0.25, -0.2) is 0 Å². The van der Waals surface area contributed by atoms with Crippen LogP contribution in [0.1, 0.15) is 23.8 Å². The molecule has 0 bridgehead atoms. The first-order valence-corrected chi connectivity index (χ1v) is 6.14. The minimum absolute atomic E-state index is 0.0756. The molecule has 0 saturated carbocycles. The number of nitrogens with zero attached hydrogens (tertiary/aromatic N) is 2. The lowest BCUT2D eigenvalue weighted by molar-refractivity contribution is -0.118. The fraction of sp³-hybridized carbons (Fsp3) is 0.455. The second-order valence-corrected chi connectivity index (χ2v) is 4.78. The zero-order chi connectivity index (χ0) is 13.0. The third kappa shape index (κ3) is 3.59. The van der Waals surface area contributed by atoms with Gasteiger partial charge < -0.3 is 15.2 Å². The SMILES string of the molecule is CCCn1cc(Br)cc1C(=O)N(C)CC(N)=O. The van der Waals surface area contributed by atoms with E-state index in [2.05, 4.69) is 15.9 Å². The van der Waals surface area contributed by atoms with Gasteiger partial charge in [0.05, 0.1) is 6.54 Å². The minimum atomic E-state index is -0.520. The van der Waals surface area contributed by atoms with E-state index in [4.69, 9.17) is 5.73 Å². The van der Waals surface area contributed by atoms with E-state index in [0.717, 1.165) is 17.4 Å². The Labute approximate surface area is 109 Å². The number of primary amides is 1. The number of carbonyl (C=O) groups excluding carboxylic acids is 2. The Morgan fingerprint density at radius 2 is 2.18 bits per heavy atom. The summed E-state index contributed by atoms with van der Waals surface area (Å²) in [6.07, 6.45) is 2.79. The molecule has 0 saturated heterocycles. The summed E-state index contributed by atoms with van der Waals surface area (Å²) in [4.78, 5) is 24.2. The zero-order valence-electron chi connectivity index (χ0n) is 9.94. The Kier molecular flexibility index (Phi) is 4.74. The van der Waals surface area contributed by atoms with Crippen molar-refractivity contribution in [2.24, 2.45) is 5.73 Å². The van der Waals surface area contributed by atoms with Crippen LogP contribution in [0.5, 0.6) is 0 Å². The Morgan fingerprint density at radius 3 is 2.71 bits per heavy atom. The number of amides is 2. The third-order valence-corrected chi connectivity index (χ3v) is 2.72. The molecule has 6 heteroatoms. The van der Waals surface area contributed by atoms with Gasteiger partial charge in [0, 0.05) is 24.3 Å². The first-order valence-electron chi connectivity index (χ1n) is 5.35. The summed E-state index contributed by atoms with van der Waals surface area (Å²) in [5, 5.41) is 0. The van der Waals surface area contributed by atoms with E-state index in [9.17, 15) is 9.59 Å². The molecule has 17 heavy (non-hydrogen) atoms. The molecule has 0 atom stereocenters. The monoisotopic (exact) mass is 301 g/mol. The van der Waals surface area contributed by atoms with Crippen LogP contribution in [0.15, 0.2) is 16.7 Å². The van der Waals surface area contributed by atoms with Gasteiger partial charge in [0.25, 0.3) is 5.91 Å². The first kappa shape index (κ1) is 13.8. The normalized spacial score (nSPS) is 10.3. The summed E-state index contributed by atoms with van der Waals surface area (Å²) in [7, 11) is 1.56. The maximum absolute atomic E-state index is 12.1. The standard InChI is InChI=1S/C11H16BrN3O2/c1-3-4-15-6-8(12)5-9(15)11(17)14(2)7-10(13)16/h5-6H,3-4,7H2,1-2H3,(H2,13,16). The maximum Gasteiger partial charge on any atom is 0.270 e. The summed E-state index contributed by atoms with van der Waals surface area (Å²) in [6.45, 7) is 2.72. The van der Waals surface area contributed by atoms with Crippen molar-refractivity contribution in [3.8, 4) is 0 Å². The van der Waals surface area contributed by atoms with Gasteiger partial charge in [-0.3, -0.25) is 9.59 Å². The van der Waals surface area contributed by atoms with Crippen LogP contribution in [-0.2, 0) is 11.3 Å². The molecule has 0 aliphatic carbocycles. The summed E-state index contributed by atoms with van der Waals surface area (Å²) < 4.78 is 2.71. The molecule has 0 spiro atoms. The van der Waals surface area contributed by atoms with Gasteiger partial charge in [0.1, 0.15) is 5.69 Å². The highest BCUT2D eigenvalue weighted by molar-refractivity contribution is 9.10. The third-order valence-electron chi connectivity index (χ3n) is 2.29. The Bertz CT molecular complexity index is 428. The van der Waals surface area contributed by atoms with Crippen LogP contribution < -0.4 is 5.73 Å². The van der Waals surface area contributed by atoms with E-state index in [0.29, 0.717) is 5.69 Å². The molecular weight excluding hydrogens is 286 g/mol. The van der Waals surface area contributed by atoms with Crippen LogP contribution in [0, 0.1) is 0 Å². The predicted molar refractivity (Wildman–Crippen MR) is 68.6 cm³/mol. The zero-order valence-corrected chi connectivity index (χ0v) is 11.5. The number of rotatable bonds is 5. The largest absolute Gasteiger partial charge is 0.368 e. The lowest BCUT2D eigenvalue weighted by atomic mass is 10.3.